The molecule has 168 valence electrons. The van der Waals surface area contributed by atoms with Crippen molar-refractivity contribution in [1.29, 1.82) is 0 Å². The molecule has 6 heteroatoms. The summed E-state index contributed by atoms with van der Waals surface area (Å²) in [5, 5.41) is 0. The second-order valence-electron chi connectivity index (χ2n) is 8.53. The molecule has 1 heterocycles. The summed E-state index contributed by atoms with van der Waals surface area (Å²) in [5.74, 6) is 0. The van der Waals surface area contributed by atoms with E-state index < -0.39 is 15.6 Å². The Kier molecular flexibility index (Phi) is 7.06. The minimum Gasteiger partial charge on any atom is -0.297 e. The summed E-state index contributed by atoms with van der Waals surface area (Å²) < 4.78 is 28.7. The second kappa shape index (κ2) is 9.96. The summed E-state index contributed by atoms with van der Waals surface area (Å²) in [5.41, 5.74) is 2.00. The van der Waals surface area contributed by atoms with E-state index in [-0.39, 0.29) is 0 Å². The van der Waals surface area contributed by atoms with Crippen molar-refractivity contribution in [1.82, 2.24) is 14.5 Å². The molecule has 3 aromatic carbocycles. The average Bonchev–Trinajstić information content (AvgIpc) is 2.85. The highest BCUT2D eigenvalue weighted by atomic mass is 32.2. The van der Waals surface area contributed by atoms with Crippen molar-refractivity contribution in [2.45, 2.75) is 23.9 Å². The lowest BCUT2D eigenvalue weighted by molar-refractivity contribution is 0.0397. The van der Waals surface area contributed by atoms with Crippen molar-refractivity contribution in [3.63, 3.8) is 0 Å². The van der Waals surface area contributed by atoms with Crippen LogP contribution in [0.5, 0.6) is 0 Å². The van der Waals surface area contributed by atoms with Gasteiger partial charge in [0.2, 0.25) is 10.0 Å². The molecule has 1 atom stereocenters. The number of rotatable bonds is 8. The monoisotopic (exact) mass is 449 g/mol. The minimum atomic E-state index is -3.58. The highest BCUT2D eigenvalue weighted by molar-refractivity contribution is 7.89. The van der Waals surface area contributed by atoms with Crippen LogP contribution in [0.15, 0.2) is 95.9 Å². The molecule has 5 nitrogen and oxygen atoms in total. The number of benzene rings is 3. The molecule has 0 saturated carbocycles. The highest BCUT2D eigenvalue weighted by Crippen LogP contribution is 2.29. The van der Waals surface area contributed by atoms with Crippen molar-refractivity contribution < 1.29 is 8.42 Å². The fourth-order valence-corrected chi connectivity index (χ4v) is 5.51. The van der Waals surface area contributed by atoms with Crippen molar-refractivity contribution in [2.24, 2.45) is 0 Å². The van der Waals surface area contributed by atoms with E-state index in [0.717, 1.165) is 38.3 Å². The summed E-state index contributed by atoms with van der Waals surface area (Å²) in [6.07, 6.45) is 0. The van der Waals surface area contributed by atoms with Gasteiger partial charge in [-0.3, -0.25) is 9.80 Å². The number of hydrogen-bond acceptors (Lipinski definition) is 4. The predicted molar refractivity (Wildman–Crippen MR) is 129 cm³/mol. The molecule has 3 aromatic rings. The molecule has 0 aliphatic carbocycles. The second-order valence-corrected chi connectivity index (χ2v) is 10.3. The van der Waals surface area contributed by atoms with Crippen LogP contribution in [0.25, 0.3) is 0 Å². The van der Waals surface area contributed by atoms with Gasteiger partial charge in [-0.25, -0.2) is 13.1 Å². The van der Waals surface area contributed by atoms with E-state index in [4.69, 9.17) is 0 Å². The molecule has 1 aliphatic heterocycles. The van der Waals surface area contributed by atoms with Crippen LogP contribution in [0.1, 0.15) is 18.1 Å². The largest absolute Gasteiger partial charge is 0.297 e. The van der Waals surface area contributed by atoms with Crippen molar-refractivity contribution in [3.05, 3.63) is 102 Å². The Morgan fingerprint density at radius 2 is 1.31 bits per heavy atom. The standard InChI is InChI=1S/C26H31N3O2S/c1-26(24-13-7-3-8-14-24,22-27-32(30,31)25-15-9-4-10-16-25)29-19-17-28(18-20-29)21-23-11-5-2-6-12-23/h2-16,27H,17-22H2,1H3/t26-/m0/s1. The number of hydrogen-bond donors (Lipinski definition) is 1. The van der Waals surface area contributed by atoms with Gasteiger partial charge >= 0.3 is 0 Å². The summed E-state index contributed by atoms with van der Waals surface area (Å²) in [6.45, 7) is 7.05. The van der Waals surface area contributed by atoms with E-state index in [1.807, 2.05) is 30.3 Å². The Morgan fingerprint density at radius 3 is 1.91 bits per heavy atom. The summed E-state index contributed by atoms with van der Waals surface area (Å²) in [4.78, 5) is 5.17. The topological polar surface area (TPSA) is 52.7 Å². The van der Waals surface area contributed by atoms with Crippen LogP contribution in [0, 0.1) is 0 Å². The van der Waals surface area contributed by atoms with Crippen LogP contribution in [0.2, 0.25) is 0 Å². The third-order valence-corrected chi connectivity index (χ3v) is 7.79. The van der Waals surface area contributed by atoms with Crippen molar-refractivity contribution >= 4 is 10.0 Å². The molecule has 0 unspecified atom stereocenters. The fourth-order valence-electron chi connectivity index (χ4n) is 4.35. The molecule has 0 aromatic heterocycles. The van der Waals surface area contributed by atoms with Crippen LogP contribution in [0.4, 0.5) is 0 Å². The zero-order valence-electron chi connectivity index (χ0n) is 18.5. The van der Waals surface area contributed by atoms with Gasteiger partial charge in [-0.2, -0.15) is 0 Å². The van der Waals surface area contributed by atoms with Crippen LogP contribution >= 0.6 is 0 Å². The molecule has 0 bridgehead atoms. The quantitative estimate of drug-likeness (QED) is 0.570. The molecule has 0 radical (unpaired) electrons. The first-order valence-corrected chi connectivity index (χ1v) is 12.6. The maximum atomic E-state index is 12.9. The van der Waals surface area contributed by atoms with Gasteiger partial charge in [0.25, 0.3) is 0 Å². The molecule has 1 aliphatic rings. The lowest BCUT2D eigenvalue weighted by Gasteiger charge is -2.46. The van der Waals surface area contributed by atoms with Gasteiger partial charge in [0.05, 0.1) is 10.4 Å². The molecular formula is C26H31N3O2S. The molecule has 1 saturated heterocycles. The zero-order chi connectivity index (χ0) is 22.4. The predicted octanol–water partition coefficient (Wildman–Crippen LogP) is 3.70. The van der Waals surface area contributed by atoms with Gasteiger partial charge in [-0.05, 0) is 30.2 Å². The van der Waals surface area contributed by atoms with Crippen molar-refractivity contribution in [3.8, 4) is 0 Å². The fraction of sp³-hybridized carbons (Fsp3) is 0.308. The number of piperazine rings is 1. The smallest absolute Gasteiger partial charge is 0.240 e. The normalized spacial score (nSPS) is 17.7. The first-order chi connectivity index (χ1) is 15.5. The summed E-state index contributed by atoms with van der Waals surface area (Å²) in [7, 11) is -3.58. The molecule has 4 rings (SSSR count). The van der Waals surface area contributed by atoms with E-state index in [0.29, 0.717) is 11.4 Å². The van der Waals surface area contributed by atoms with E-state index in [9.17, 15) is 8.42 Å². The van der Waals surface area contributed by atoms with Gasteiger partial charge in [-0.1, -0.05) is 78.9 Å². The number of nitrogens with zero attached hydrogens (tertiary/aromatic N) is 2. The Hall–Kier alpha value is -2.51. The Morgan fingerprint density at radius 1 is 0.781 bits per heavy atom. The molecule has 0 spiro atoms. The zero-order valence-corrected chi connectivity index (χ0v) is 19.3. The lowest BCUT2D eigenvalue weighted by Crippen LogP contribution is -2.57. The van der Waals surface area contributed by atoms with Crippen molar-refractivity contribution in [2.75, 3.05) is 32.7 Å². The maximum Gasteiger partial charge on any atom is 0.240 e. The summed E-state index contributed by atoms with van der Waals surface area (Å²) >= 11 is 0. The van der Waals surface area contributed by atoms with Crippen LogP contribution in [0.3, 0.4) is 0 Å². The highest BCUT2D eigenvalue weighted by Gasteiger charge is 2.36. The number of nitrogens with one attached hydrogen (secondary N) is 1. The Balaban J connectivity index is 1.49. The van der Waals surface area contributed by atoms with Gasteiger partial charge in [0.1, 0.15) is 0 Å². The third kappa shape index (κ3) is 5.27. The molecular weight excluding hydrogens is 418 g/mol. The van der Waals surface area contributed by atoms with E-state index >= 15 is 0 Å². The van der Waals surface area contributed by atoms with E-state index in [2.05, 4.69) is 57.8 Å². The van der Waals surface area contributed by atoms with Gasteiger partial charge < -0.3 is 0 Å². The van der Waals surface area contributed by atoms with Gasteiger partial charge in [-0.15, -0.1) is 0 Å². The Bertz CT molecular complexity index is 1080. The first-order valence-electron chi connectivity index (χ1n) is 11.1. The van der Waals surface area contributed by atoms with Crippen LogP contribution in [-0.2, 0) is 22.1 Å². The number of sulfonamides is 1. The maximum absolute atomic E-state index is 12.9. The van der Waals surface area contributed by atoms with Crippen LogP contribution in [-0.4, -0.2) is 50.9 Å². The van der Waals surface area contributed by atoms with Gasteiger partial charge in [0.15, 0.2) is 0 Å². The summed E-state index contributed by atoms with van der Waals surface area (Å²) in [6, 6.07) is 29.3. The molecule has 1 N–H and O–H groups in total. The third-order valence-electron chi connectivity index (χ3n) is 6.37. The molecule has 1 fully saturated rings. The van der Waals surface area contributed by atoms with Gasteiger partial charge in [0, 0.05) is 39.3 Å². The van der Waals surface area contributed by atoms with E-state index in [1.165, 1.54) is 5.56 Å². The molecule has 0 amide bonds. The Labute approximate surface area is 191 Å². The van der Waals surface area contributed by atoms with E-state index in [1.54, 1.807) is 24.3 Å². The average molecular weight is 450 g/mol. The first kappa shape index (κ1) is 22.7. The SMILES string of the molecule is C[C@](CNS(=O)(=O)c1ccccc1)(c1ccccc1)N1CCN(Cc2ccccc2)CC1. The van der Waals surface area contributed by atoms with Crippen LogP contribution < -0.4 is 4.72 Å². The lowest BCUT2D eigenvalue weighted by atomic mass is 9.89. The minimum absolute atomic E-state index is 0.295. The molecule has 32 heavy (non-hydrogen) atoms.